The first-order valence-corrected chi connectivity index (χ1v) is 7.75. The van der Waals surface area contributed by atoms with Gasteiger partial charge in [0, 0.05) is 17.6 Å². The second-order valence-electron chi connectivity index (χ2n) is 5.64. The second kappa shape index (κ2) is 5.88. The first-order valence-electron chi connectivity index (χ1n) is 7.75. The molecule has 0 unspecified atom stereocenters. The molecular formula is C18H15FN4O. The van der Waals surface area contributed by atoms with Gasteiger partial charge in [-0.1, -0.05) is 24.3 Å². The van der Waals surface area contributed by atoms with Crippen molar-refractivity contribution in [3.05, 3.63) is 60.2 Å². The van der Waals surface area contributed by atoms with E-state index in [2.05, 4.69) is 15.3 Å². The maximum atomic E-state index is 13.8. The van der Waals surface area contributed by atoms with E-state index in [1.807, 2.05) is 24.3 Å². The Morgan fingerprint density at radius 3 is 2.96 bits per heavy atom. The highest BCUT2D eigenvalue weighted by Crippen LogP contribution is 2.27. The number of hydrogen-bond donors (Lipinski definition) is 1. The van der Waals surface area contributed by atoms with E-state index in [1.54, 1.807) is 17.0 Å². The van der Waals surface area contributed by atoms with Crippen molar-refractivity contribution in [2.45, 2.75) is 6.42 Å². The Morgan fingerprint density at radius 2 is 2.04 bits per heavy atom. The topological polar surface area (TPSA) is 58.1 Å². The van der Waals surface area contributed by atoms with E-state index in [1.165, 1.54) is 18.0 Å². The molecule has 0 atom stereocenters. The maximum absolute atomic E-state index is 13.8. The van der Waals surface area contributed by atoms with Crippen molar-refractivity contribution in [2.75, 3.05) is 23.3 Å². The molecule has 1 amide bonds. The molecule has 6 heteroatoms. The van der Waals surface area contributed by atoms with Crippen LogP contribution < -0.4 is 10.2 Å². The van der Waals surface area contributed by atoms with Gasteiger partial charge in [-0.15, -0.1) is 0 Å². The Morgan fingerprint density at radius 1 is 1.17 bits per heavy atom. The lowest BCUT2D eigenvalue weighted by molar-refractivity contribution is -0.116. The number of rotatable bonds is 3. The molecule has 0 spiro atoms. The zero-order chi connectivity index (χ0) is 16.5. The molecule has 1 aromatic heterocycles. The molecule has 120 valence electrons. The third-order valence-electron chi connectivity index (χ3n) is 4.21. The van der Waals surface area contributed by atoms with E-state index in [9.17, 15) is 9.18 Å². The normalized spacial score (nSPS) is 13.1. The molecule has 5 nitrogen and oxygen atoms in total. The third-order valence-corrected chi connectivity index (χ3v) is 4.21. The summed E-state index contributed by atoms with van der Waals surface area (Å²) >= 11 is 0. The number of anilines is 2. The number of halogens is 1. The SMILES string of the molecule is O=C(CNc1ncnc2c(F)cccc12)N1CCc2ccccc21. The number of hydrogen-bond acceptors (Lipinski definition) is 4. The summed E-state index contributed by atoms with van der Waals surface area (Å²) in [6, 6.07) is 12.6. The van der Waals surface area contributed by atoms with Crippen LogP contribution in [-0.2, 0) is 11.2 Å². The first kappa shape index (κ1) is 14.6. The molecule has 2 heterocycles. The lowest BCUT2D eigenvalue weighted by Gasteiger charge is -2.18. The number of aromatic nitrogens is 2. The highest BCUT2D eigenvalue weighted by atomic mass is 19.1. The van der Waals surface area contributed by atoms with E-state index >= 15 is 0 Å². The molecule has 0 saturated heterocycles. The second-order valence-corrected chi connectivity index (χ2v) is 5.64. The van der Waals surface area contributed by atoms with Crippen molar-refractivity contribution >= 4 is 28.3 Å². The molecule has 24 heavy (non-hydrogen) atoms. The fourth-order valence-corrected chi connectivity index (χ4v) is 3.04. The van der Waals surface area contributed by atoms with Gasteiger partial charge in [-0.3, -0.25) is 4.79 Å². The van der Waals surface area contributed by atoms with Gasteiger partial charge in [0.2, 0.25) is 5.91 Å². The maximum Gasteiger partial charge on any atom is 0.246 e. The summed E-state index contributed by atoms with van der Waals surface area (Å²) in [6.45, 7) is 0.774. The molecule has 3 aromatic rings. The summed E-state index contributed by atoms with van der Waals surface area (Å²) in [5.41, 5.74) is 2.39. The summed E-state index contributed by atoms with van der Waals surface area (Å²) in [7, 11) is 0. The highest BCUT2D eigenvalue weighted by Gasteiger charge is 2.23. The summed E-state index contributed by atoms with van der Waals surface area (Å²) in [5.74, 6) is 0.0150. The molecule has 0 saturated carbocycles. The van der Waals surface area contributed by atoms with Gasteiger partial charge in [0.25, 0.3) is 0 Å². The van der Waals surface area contributed by atoms with Crippen LogP contribution in [0.1, 0.15) is 5.56 Å². The van der Waals surface area contributed by atoms with Crippen molar-refractivity contribution < 1.29 is 9.18 Å². The van der Waals surface area contributed by atoms with Gasteiger partial charge in [0.05, 0.1) is 6.54 Å². The molecule has 0 radical (unpaired) electrons. The molecule has 4 rings (SSSR count). The molecule has 1 N–H and O–H groups in total. The minimum atomic E-state index is -0.405. The van der Waals surface area contributed by atoms with E-state index in [0.29, 0.717) is 17.7 Å². The van der Waals surface area contributed by atoms with Gasteiger partial charge in [-0.2, -0.15) is 0 Å². The molecule has 0 fully saturated rings. The van der Waals surface area contributed by atoms with Gasteiger partial charge in [0.1, 0.15) is 23.5 Å². The number of benzene rings is 2. The number of fused-ring (bicyclic) bond motifs is 2. The van der Waals surface area contributed by atoms with Crippen molar-refractivity contribution in [2.24, 2.45) is 0 Å². The predicted molar refractivity (Wildman–Crippen MR) is 90.5 cm³/mol. The van der Waals surface area contributed by atoms with Crippen LogP contribution in [0.15, 0.2) is 48.8 Å². The van der Waals surface area contributed by atoms with Crippen molar-refractivity contribution in [1.82, 2.24) is 9.97 Å². The Hall–Kier alpha value is -3.02. The Bertz CT molecular complexity index is 928. The monoisotopic (exact) mass is 322 g/mol. The van der Waals surface area contributed by atoms with E-state index < -0.39 is 5.82 Å². The molecule has 1 aliphatic heterocycles. The van der Waals surface area contributed by atoms with E-state index in [-0.39, 0.29) is 18.0 Å². The fourth-order valence-electron chi connectivity index (χ4n) is 3.04. The van der Waals surface area contributed by atoms with Gasteiger partial charge >= 0.3 is 0 Å². The zero-order valence-corrected chi connectivity index (χ0v) is 12.9. The van der Waals surface area contributed by atoms with Crippen molar-refractivity contribution in [1.29, 1.82) is 0 Å². The Balaban J connectivity index is 1.54. The minimum Gasteiger partial charge on any atom is -0.360 e. The van der Waals surface area contributed by atoms with Crippen LogP contribution in [0.25, 0.3) is 10.9 Å². The highest BCUT2D eigenvalue weighted by molar-refractivity contribution is 5.99. The largest absolute Gasteiger partial charge is 0.360 e. The van der Waals surface area contributed by atoms with Gasteiger partial charge < -0.3 is 10.2 Å². The van der Waals surface area contributed by atoms with Crippen LogP contribution in [0.3, 0.4) is 0 Å². The van der Waals surface area contributed by atoms with Crippen LogP contribution in [-0.4, -0.2) is 29.0 Å². The lowest BCUT2D eigenvalue weighted by atomic mass is 10.2. The molecular weight excluding hydrogens is 307 g/mol. The van der Waals surface area contributed by atoms with Crippen LogP contribution in [0.5, 0.6) is 0 Å². The average Bonchev–Trinajstić information content (AvgIpc) is 3.04. The van der Waals surface area contributed by atoms with Crippen LogP contribution >= 0.6 is 0 Å². The minimum absolute atomic E-state index is 0.0388. The molecule has 0 aliphatic carbocycles. The Labute approximate surface area is 138 Å². The van der Waals surface area contributed by atoms with Crippen LogP contribution in [0.2, 0.25) is 0 Å². The van der Waals surface area contributed by atoms with Gasteiger partial charge in [0.15, 0.2) is 0 Å². The molecule has 0 bridgehead atoms. The number of carbonyl (C=O) groups excluding carboxylic acids is 1. The molecule has 2 aromatic carbocycles. The number of amides is 1. The zero-order valence-electron chi connectivity index (χ0n) is 12.9. The fraction of sp³-hybridized carbons (Fsp3) is 0.167. The number of nitrogens with one attached hydrogen (secondary N) is 1. The summed E-state index contributed by atoms with van der Waals surface area (Å²) in [4.78, 5) is 22.4. The third kappa shape index (κ3) is 2.46. The number of carbonyl (C=O) groups is 1. The average molecular weight is 322 g/mol. The lowest BCUT2D eigenvalue weighted by Crippen LogP contribution is -2.34. The smallest absolute Gasteiger partial charge is 0.246 e. The van der Waals surface area contributed by atoms with Gasteiger partial charge in [-0.05, 0) is 30.2 Å². The van der Waals surface area contributed by atoms with Gasteiger partial charge in [-0.25, -0.2) is 14.4 Å². The quantitative estimate of drug-likeness (QED) is 0.805. The first-order chi connectivity index (χ1) is 11.7. The van der Waals surface area contributed by atoms with Crippen LogP contribution in [0, 0.1) is 5.82 Å². The summed E-state index contributed by atoms with van der Waals surface area (Å²) < 4.78 is 13.8. The number of nitrogens with zero attached hydrogens (tertiary/aromatic N) is 3. The summed E-state index contributed by atoms with van der Waals surface area (Å²) in [5, 5.41) is 3.58. The van der Waals surface area contributed by atoms with E-state index in [0.717, 1.165) is 12.1 Å². The number of para-hydroxylation sites is 2. The Kier molecular flexibility index (Phi) is 3.57. The van der Waals surface area contributed by atoms with E-state index in [4.69, 9.17) is 0 Å². The van der Waals surface area contributed by atoms with Crippen molar-refractivity contribution in [3.8, 4) is 0 Å². The standard InChI is InChI=1S/C18H15FN4O/c19-14-6-3-5-13-17(14)21-11-22-18(13)20-10-16(24)23-9-8-12-4-1-2-7-15(12)23/h1-7,11H,8-10H2,(H,20,21,22). The van der Waals surface area contributed by atoms with Crippen LogP contribution in [0.4, 0.5) is 15.9 Å². The summed E-state index contributed by atoms with van der Waals surface area (Å²) in [6.07, 6.45) is 2.16. The molecule has 1 aliphatic rings. The van der Waals surface area contributed by atoms with Crippen molar-refractivity contribution in [3.63, 3.8) is 0 Å². The predicted octanol–water partition coefficient (Wildman–Crippen LogP) is 2.77.